The van der Waals surface area contributed by atoms with Gasteiger partial charge in [-0.3, -0.25) is 0 Å². The Balaban J connectivity index is 2.50. The molecule has 0 amide bonds. The summed E-state index contributed by atoms with van der Waals surface area (Å²) in [5.74, 6) is 0.673. The van der Waals surface area contributed by atoms with E-state index in [2.05, 4.69) is 0 Å². The van der Waals surface area contributed by atoms with Crippen molar-refractivity contribution in [3.63, 3.8) is 0 Å². The maximum absolute atomic E-state index is 9.47. The molecule has 0 aliphatic heterocycles. The molecule has 0 saturated carbocycles. The van der Waals surface area contributed by atoms with Gasteiger partial charge in [-0.15, -0.1) is 0 Å². The summed E-state index contributed by atoms with van der Waals surface area (Å²) in [6.45, 7) is 0. The SMILES string of the molecule is Oc1ccc(-c2ccc(O)c([AsH2])c2)cc1[AsH2]. The molecule has 16 heavy (non-hydrogen) atoms. The molecule has 0 saturated heterocycles. The predicted molar refractivity (Wildman–Crippen MR) is 71.6 cm³/mol. The number of phenols is 2. The van der Waals surface area contributed by atoms with Crippen molar-refractivity contribution in [2.45, 2.75) is 0 Å². The molecule has 2 unspecified atom stereocenters. The first-order valence-corrected chi connectivity index (χ1v) is 7.17. The van der Waals surface area contributed by atoms with Crippen molar-refractivity contribution in [3.05, 3.63) is 36.4 Å². The van der Waals surface area contributed by atoms with Gasteiger partial charge in [0, 0.05) is 0 Å². The molecule has 2 rings (SSSR count). The summed E-state index contributed by atoms with van der Waals surface area (Å²) >= 11 is 2.80. The van der Waals surface area contributed by atoms with Crippen molar-refractivity contribution in [1.29, 1.82) is 0 Å². The van der Waals surface area contributed by atoms with E-state index in [1.165, 1.54) is 33.7 Å². The Bertz CT molecular complexity index is 489. The molecule has 2 aromatic carbocycles. The summed E-state index contributed by atoms with van der Waals surface area (Å²) in [4.78, 5) is 0. The Labute approximate surface area is 111 Å². The van der Waals surface area contributed by atoms with Gasteiger partial charge in [-0.2, -0.15) is 0 Å². The van der Waals surface area contributed by atoms with Crippen LogP contribution in [-0.4, -0.2) is 43.9 Å². The van der Waals surface area contributed by atoms with Gasteiger partial charge in [0.15, 0.2) is 0 Å². The predicted octanol–water partition coefficient (Wildman–Crippen LogP) is -0.718. The van der Waals surface area contributed by atoms with Crippen LogP contribution in [0.4, 0.5) is 0 Å². The third-order valence-corrected chi connectivity index (χ3v) is 4.33. The van der Waals surface area contributed by atoms with Gasteiger partial charge in [0.05, 0.1) is 0 Å². The molecule has 0 fully saturated rings. The second kappa shape index (κ2) is 4.57. The third-order valence-electron chi connectivity index (χ3n) is 2.39. The minimum atomic E-state index is 0.337. The Hall–Kier alpha value is -0.843. The second-order valence-electron chi connectivity index (χ2n) is 3.55. The van der Waals surface area contributed by atoms with Crippen LogP contribution in [0.2, 0.25) is 0 Å². The number of rotatable bonds is 1. The summed E-state index contributed by atoms with van der Waals surface area (Å²) in [6.07, 6.45) is 0. The van der Waals surface area contributed by atoms with Crippen molar-refractivity contribution in [2.24, 2.45) is 0 Å². The average Bonchev–Trinajstić information content (AvgIpc) is 2.26. The van der Waals surface area contributed by atoms with E-state index in [0.29, 0.717) is 11.5 Å². The van der Waals surface area contributed by atoms with Crippen LogP contribution in [0, 0.1) is 0 Å². The molecule has 0 aromatic heterocycles. The Kier molecular flexibility index (Phi) is 3.32. The molecular formula is C12H12As2O2. The Morgan fingerprint density at radius 3 is 1.38 bits per heavy atom. The fourth-order valence-electron chi connectivity index (χ4n) is 1.47. The molecule has 2 atom stereocenters. The first-order chi connectivity index (χ1) is 7.58. The Morgan fingerprint density at radius 2 is 1.06 bits per heavy atom. The zero-order valence-corrected chi connectivity index (χ0v) is 13.4. The number of phenolic OH excluding ortho intramolecular Hbond substituents is 2. The van der Waals surface area contributed by atoms with E-state index in [1.807, 2.05) is 24.3 Å². The van der Waals surface area contributed by atoms with E-state index in [4.69, 9.17) is 0 Å². The summed E-state index contributed by atoms with van der Waals surface area (Å²) in [7, 11) is 0. The normalized spacial score (nSPS) is 10.4. The van der Waals surface area contributed by atoms with Crippen molar-refractivity contribution in [1.82, 2.24) is 0 Å². The maximum atomic E-state index is 9.47. The summed E-state index contributed by atoms with van der Waals surface area (Å²) < 4.78 is 1.84. The van der Waals surface area contributed by atoms with Crippen molar-refractivity contribution in [3.8, 4) is 22.6 Å². The second-order valence-corrected chi connectivity index (χ2v) is 6.16. The van der Waals surface area contributed by atoms with E-state index >= 15 is 0 Å². The molecule has 2 N–H and O–H groups in total. The number of hydrogen-bond acceptors (Lipinski definition) is 2. The van der Waals surface area contributed by atoms with Crippen molar-refractivity contribution < 1.29 is 10.2 Å². The number of benzene rings is 2. The standard InChI is InChI=1S/C12H12As2O2/c13-9-5-7(1-3-11(9)15)8-2-4-12(16)10(14)6-8/h1-6,15-16H,13-14H2. The molecule has 0 aliphatic rings. The molecule has 4 heteroatoms. The average molecular weight is 338 g/mol. The van der Waals surface area contributed by atoms with Crippen molar-refractivity contribution >= 4 is 42.4 Å². The van der Waals surface area contributed by atoms with Gasteiger partial charge >= 0.3 is 112 Å². The van der Waals surface area contributed by atoms with E-state index in [0.717, 1.165) is 19.8 Å². The van der Waals surface area contributed by atoms with Crippen LogP contribution >= 0.6 is 0 Å². The molecule has 0 aliphatic carbocycles. The van der Waals surface area contributed by atoms with E-state index < -0.39 is 0 Å². The zero-order valence-electron chi connectivity index (χ0n) is 8.51. The van der Waals surface area contributed by atoms with Crippen molar-refractivity contribution in [2.75, 3.05) is 0 Å². The summed E-state index contributed by atoms with van der Waals surface area (Å²) in [5.41, 5.74) is 2.13. The number of hydrogen-bond donors (Lipinski definition) is 2. The van der Waals surface area contributed by atoms with Crippen LogP contribution in [0.1, 0.15) is 0 Å². The third kappa shape index (κ3) is 2.29. The van der Waals surface area contributed by atoms with Gasteiger partial charge in [-0.05, 0) is 0 Å². The van der Waals surface area contributed by atoms with Gasteiger partial charge in [0.25, 0.3) is 0 Å². The number of aromatic hydroxyl groups is 2. The van der Waals surface area contributed by atoms with Gasteiger partial charge in [0.2, 0.25) is 0 Å². The quantitative estimate of drug-likeness (QED) is 0.674. The molecule has 0 radical (unpaired) electrons. The van der Waals surface area contributed by atoms with Gasteiger partial charge < -0.3 is 0 Å². The fraction of sp³-hybridized carbons (Fsp3) is 0. The van der Waals surface area contributed by atoms with Crippen LogP contribution in [-0.2, 0) is 0 Å². The topological polar surface area (TPSA) is 40.5 Å². The summed E-state index contributed by atoms with van der Waals surface area (Å²) in [5, 5.41) is 18.9. The van der Waals surface area contributed by atoms with E-state index in [9.17, 15) is 10.2 Å². The first kappa shape index (κ1) is 11.6. The van der Waals surface area contributed by atoms with Crippen LogP contribution in [0.25, 0.3) is 11.1 Å². The van der Waals surface area contributed by atoms with Gasteiger partial charge in [-0.1, -0.05) is 0 Å². The van der Waals surface area contributed by atoms with E-state index in [1.54, 1.807) is 12.1 Å². The fourth-order valence-corrected chi connectivity index (χ4v) is 2.63. The van der Waals surface area contributed by atoms with Gasteiger partial charge in [-0.25, -0.2) is 0 Å². The molecule has 0 bridgehead atoms. The molecule has 0 spiro atoms. The van der Waals surface area contributed by atoms with Crippen LogP contribution < -0.4 is 8.70 Å². The molecule has 0 heterocycles. The van der Waals surface area contributed by atoms with Crippen LogP contribution in [0.3, 0.4) is 0 Å². The molecular weight excluding hydrogens is 326 g/mol. The zero-order chi connectivity index (χ0) is 11.7. The Morgan fingerprint density at radius 1 is 0.688 bits per heavy atom. The molecule has 2 aromatic rings. The van der Waals surface area contributed by atoms with Gasteiger partial charge in [0.1, 0.15) is 0 Å². The molecule has 82 valence electrons. The minimum absolute atomic E-state index is 0.337. The van der Waals surface area contributed by atoms with Crippen LogP contribution in [0.5, 0.6) is 11.5 Å². The first-order valence-electron chi connectivity index (χ1n) is 4.75. The summed E-state index contributed by atoms with van der Waals surface area (Å²) in [6, 6.07) is 11.1. The molecule has 2 nitrogen and oxygen atoms in total. The van der Waals surface area contributed by atoms with Crippen LogP contribution in [0.15, 0.2) is 36.4 Å². The van der Waals surface area contributed by atoms with E-state index in [-0.39, 0.29) is 0 Å². The monoisotopic (exact) mass is 338 g/mol.